The summed E-state index contributed by atoms with van der Waals surface area (Å²) < 4.78 is 0. The van der Waals surface area contributed by atoms with Gasteiger partial charge in [-0.25, -0.2) is 0 Å². The van der Waals surface area contributed by atoms with Crippen molar-refractivity contribution in [2.24, 2.45) is 5.73 Å². The van der Waals surface area contributed by atoms with Crippen LogP contribution >= 0.6 is 0 Å². The second kappa shape index (κ2) is 5.47. The molecule has 0 aromatic carbocycles. The highest BCUT2D eigenvalue weighted by molar-refractivity contribution is 5.82. The second-order valence-corrected chi connectivity index (χ2v) is 4.44. The van der Waals surface area contributed by atoms with Crippen molar-refractivity contribution in [2.75, 3.05) is 13.1 Å². The summed E-state index contributed by atoms with van der Waals surface area (Å²) in [4.78, 5) is 11.7. The van der Waals surface area contributed by atoms with Gasteiger partial charge in [0.25, 0.3) is 0 Å². The molecule has 4 N–H and O–H groups in total. The third-order valence-electron chi connectivity index (χ3n) is 3.40. The van der Waals surface area contributed by atoms with E-state index in [0.717, 1.165) is 32.2 Å². The fourth-order valence-corrected chi connectivity index (χ4v) is 1.79. The van der Waals surface area contributed by atoms with Gasteiger partial charge in [0.2, 0.25) is 5.91 Å². The normalized spacial score (nSPS) is 21.7. The number of rotatable bonds is 5. The van der Waals surface area contributed by atoms with Crippen LogP contribution in [0.1, 0.15) is 39.5 Å². The molecule has 0 aromatic rings. The molecular formula is C11H23N3O. The summed E-state index contributed by atoms with van der Waals surface area (Å²) in [6, 6.07) is 0.00274. The Bertz CT molecular complexity index is 208. The third kappa shape index (κ3) is 3.47. The molecule has 4 nitrogen and oxygen atoms in total. The first kappa shape index (κ1) is 12.5. The predicted molar refractivity (Wildman–Crippen MR) is 61.5 cm³/mol. The van der Waals surface area contributed by atoms with E-state index in [1.54, 1.807) is 0 Å². The lowest BCUT2D eigenvalue weighted by Gasteiger charge is -2.27. The highest BCUT2D eigenvalue weighted by atomic mass is 16.2. The van der Waals surface area contributed by atoms with Crippen LogP contribution in [0, 0.1) is 0 Å². The van der Waals surface area contributed by atoms with Crippen molar-refractivity contribution in [1.29, 1.82) is 0 Å². The van der Waals surface area contributed by atoms with E-state index in [2.05, 4.69) is 24.5 Å². The largest absolute Gasteiger partial charge is 0.353 e. The molecule has 1 atom stereocenters. The van der Waals surface area contributed by atoms with E-state index in [-0.39, 0.29) is 17.5 Å². The van der Waals surface area contributed by atoms with Crippen molar-refractivity contribution in [3.8, 4) is 0 Å². The van der Waals surface area contributed by atoms with Crippen LogP contribution < -0.4 is 16.4 Å². The van der Waals surface area contributed by atoms with Crippen LogP contribution in [-0.4, -0.2) is 30.6 Å². The zero-order valence-electron chi connectivity index (χ0n) is 9.81. The molecule has 15 heavy (non-hydrogen) atoms. The number of carbonyl (C=O) groups excluding carboxylic acids is 1. The summed E-state index contributed by atoms with van der Waals surface area (Å²) in [6.07, 6.45) is 3.82. The second-order valence-electron chi connectivity index (χ2n) is 4.44. The molecule has 1 heterocycles. The third-order valence-corrected chi connectivity index (χ3v) is 3.40. The first-order valence-corrected chi connectivity index (χ1v) is 5.91. The molecule has 1 fully saturated rings. The van der Waals surface area contributed by atoms with E-state index in [4.69, 9.17) is 5.73 Å². The van der Waals surface area contributed by atoms with Crippen LogP contribution in [0.25, 0.3) is 0 Å². The van der Waals surface area contributed by atoms with Gasteiger partial charge >= 0.3 is 0 Å². The molecule has 0 aromatic heterocycles. The molecule has 0 radical (unpaired) electrons. The van der Waals surface area contributed by atoms with Gasteiger partial charge in [-0.15, -0.1) is 0 Å². The van der Waals surface area contributed by atoms with Gasteiger partial charge in [-0.1, -0.05) is 13.8 Å². The zero-order chi connectivity index (χ0) is 11.3. The maximum Gasteiger partial charge on any atom is 0.237 e. The molecule has 0 aliphatic carbocycles. The Morgan fingerprint density at radius 1 is 1.53 bits per heavy atom. The van der Waals surface area contributed by atoms with E-state index in [0.29, 0.717) is 6.54 Å². The fourth-order valence-electron chi connectivity index (χ4n) is 1.79. The monoisotopic (exact) mass is 213 g/mol. The smallest absolute Gasteiger partial charge is 0.237 e. The van der Waals surface area contributed by atoms with Crippen LogP contribution in [0.3, 0.4) is 0 Å². The number of hydrogen-bond acceptors (Lipinski definition) is 3. The van der Waals surface area contributed by atoms with Gasteiger partial charge in [-0.05, 0) is 32.2 Å². The van der Waals surface area contributed by atoms with Crippen molar-refractivity contribution in [2.45, 2.75) is 51.1 Å². The van der Waals surface area contributed by atoms with Gasteiger partial charge in [0.1, 0.15) is 0 Å². The number of hydrogen-bond donors (Lipinski definition) is 3. The summed E-state index contributed by atoms with van der Waals surface area (Å²) in [5.74, 6) is 0.101. The quantitative estimate of drug-likeness (QED) is 0.618. The van der Waals surface area contributed by atoms with Gasteiger partial charge < -0.3 is 16.4 Å². The molecular weight excluding hydrogens is 190 g/mol. The molecule has 1 amide bonds. The van der Waals surface area contributed by atoms with Gasteiger partial charge in [-0.3, -0.25) is 4.79 Å². The first-order valence-electron chi connectivity index (χ1n) is 5.91. The van der Waals surface area contributed by atoms with E-state index >= 15 is 0 Å². The lowest BCUT2D eigenvalue weighted by atomic mass is 9.94. The topological polar surface area (TPSA) is 67.1 Å². The van der Waals surface area contributed by atoms with Crippen LogP contribution in [0.2, 0.25) is 0 Å². The highest BCUT2D eigenvalue weighted by Crippen LogP contribution is 2.10. The molecule has 0 bridgehead atoms. The molecule has 4 heteroatoms. The Kier molecular flexibility index (Phi) is 4.54. The van der Waals surface area contributed by atoms with Crippen molar-refractivity contribution in [3.63, 3.8) is 0 Å². The van der Waals surface area contributed by atoms with Gasteiger partial charge in [-0.2, -0.15) is 0 Å². The molecule has 1 unspecified atom stereocenters. The Morgan fingerprint density at radius 3 is 2.67 bits per heavy atom. The zero-order valence-corrected chi connectivity index (χ0v) is 9.81. The Labute approximate surface area is 92.0 Å². The van der Waals surface area contributed by atoms with E-state index in [1.165, 1.54) is 0 Å². The average molecular weight is 213 g/mol. The number of nitrogens with one attached hydrogen (secondary N) is 2. The molecule has 0 spiro atoms. The Balaban J connectivity index is 2.32. The minimum absolute atomic E-state index is 0.00274. The fraction of sp³-hybridized carbons (Fsp3) is 0.909. The summed E-state index contributed by atoms with van der Waals surface area (Å²) in [7, 11) is 0. The minimum atomic E-state index is -0.242. The number of amides is 1. The van der Waals surface area contributed by atoms with Gasteiger partial charge in [0.05, 0.1) is 6.04 Å². The number of nitrogens with two attached hydrogens (primary N) is 1. The first-order chi connectivity index (χ1) is 7.11. The Hall–Kier alpha value is -0.610. The predicted octanol–water partition coefficient (Wildman–Crippen LogP) is 0.372. The SMILES string of the molecule is CCC(N)(CC)CNC(=O)C1CCCN1. The molecule has 0 saturated carbocycles. The van der Waals surface area contributed by atoms with E-state index in [9.17, 15) is 4.79 Å². The molecule has 1 saturated heterocycles. The summed E-state index contributed by atoms with van der Waals surface area (Å²) in [6.45, 7) is 5.65. The maximum absolute atomic E-state index is 11.7. The molecule has 1 aliphatic rings. The van der Waals surface area contributed by atoms with Crippen molar-refractivity contribution < 1.29 is 4.79 Å². The van der Waals surface area contributed by atoms with Crippen LogP contribution in [0.15, 0.2) is 0 Å². The lowest BCUT2D eigenvalue weighted by molar-refractivity contribution is -0.123. The van der Waals surface area contributed by atoms with Crippen LogP contribution in [0.4, 0.5) is 0 Å². The average Bonchev–Trinajstić information content (AvgIpc) is 2.79. The lowest BCUT2D eigenvalue weighted by Crippen LogP contribution is -2.52. The molecule has 1 aliphatic heterocycles. The summed E-state index contributed by atoms with van der Waals surface area (Å²) in [5.41, 5.74) is 5.87. The van der Waals surface area contributed by atoms with E-state index in [1.807, 2.05) is 0 Å². The van der Waals surface area contributed by atoms with Crippen molar-refractivity contribution in [1.82, 2.24) is 10.6 Å². The van der Waals surface area contributed by atoms with Crippen molar-refractivity contribution >= 4 is 5.91 Å². The van der Waals surface area contributed by atoms with Gasteiger partial charge in [0, 0.05) is 12.1 Å². The van der Waals surface area contributed by atoms with Crippen LogP contribution in [-0.2, 0) is 4.79 Å². The van der Waals surface area contributed by atoms with E-state index < -0.39 is 0 Å². The maximum atomic E-state index is 11.7. The summed E-state index contributed by atoms with van der Waals surface area (Å²) in [5, 5.41) is 6.12. The standard InChI is InChI=1S/C11H23N3O/c1-3-11(12,4-2)8-14-10(15)9-6-5-7-13-9/h9,13H,3-8,12H2,1-2H3,(H,14,15). The highest BCUT2D eigenvalue weighted by Gasteiger charge is 2.25. The summed E-state index contributed by atoms with van der Waals surface area (Å²) >= 11 is 0. The van der Waals surface area contributed by atoms with Gasteiger partial charge in [0.15, 0.2) is 0 Å². The number of carbonyl (C=O) groups is 1. The van der Waals surface area contributed by atoms with Crippen LogP contribution in [0.5, 0.6) is 0 Å². The van der Waals surface area contributed by atoms with Crippen molar-refractivity contribution in [3.05, 3.63) is 0 Å². The molecule has 88 valence electrons. The minimum Gasteiger partial charge on any atom is -0.353 e. The Morgan fingerprint density at radius 2 is 2.20 bits per heavy atom. The molecule has 1 rings (SSSR count).